The van der Waals surface area contributed by atoms with Gasteiger partial charge in [0.15, 0.2) is 0 Å². The average molecular weight is 720 g/mol. The van der Waals surface area contributed by atoms with Crippen LogP contribution in [0.3, 0.4) is 0 Å². The predicted octanol–water partition coefficient (Wildman–Crippen LogP) is 1.00. The van der Waals surface area contributed by atoms with Crippen LogP contribution in [0, 0.1) is 0 Å². The van der Waals surface area contributed by atoms with Gasteiger partial charge in [0.2, 0.25) is 23.6 Å². The summed E-state index contributed by atoms with van der Waals surface area (Å²) in [6.07, 6.45) is -5.60. The van der Waals surface area contributed by atoms with E-state index < -0.39 is 71.9 Å². The maximum atomic E-state index is 13.8. The molecule has 51 heavy (non-hydrogen) atoms. The molecular formula is C35H48F3N7O6. The molecule has 0 aromatic heterocycles. The smallest absolute Gasteiger partial charge is 0.391 e. The van der Waals surface area contributed by atoms with E-state index in [9.17, 15) is 42.3 Å². The van der Waals surface area contributed by atoms with Crippen molar-refractivity contribution in [2.75, 3.05) is 26.7 Å². The first kappa shape index (κ1) is 40.9. The van der Waals surface area contributed by atoms with E-state index in [0.29, 0.717) is 18.4 Å². The molecule has 4 amide bonds. The van der Waals surface area contributed by atoms with Crippen LogP contribution >= 0.6 is 0 Å². The van der Waals surface area contributed by atoms with E-state index in [0.717, 1.165) is 5.56 Å². The number of carboxylic acid groups (broad SMARTS) is 1. The third-order valence-corrected chi connectivity index (χ3v) is 9.00. The highest BCUT2D eigenvalue weighted by atomic mass is 19.4. The molecule has 2 aromatic carbocycles. The van der Waals surface area contributed by atoms with Gasteiger partial charge in [-0.3, -0.25) is 24.0 Å². The second-order valence-corrected chi connectivity index (χ2v) is 12.7. The van der Waals surface area contributed by atoms with Crippen molar-refractivity contribution in [1.82, 2.24) is 26.2 Å². The summed E-state index contributed by atoms with van der Waals surface area (Å²) in [4.78, 5) is 67.1. The number of hydrogen-bond donors (Lipinski definition) is 7. The van der Waals surface area contributed by atoms with Crippen molar-refractivity contribution in [2.45, 2.75) is 87.2 Å². The molecule has 280 valence electrons. The van der Waals surface area contributed by atoms with Crippen LogP contribution in [0.25, 0.3) is 0 Å². The van der Waals surface area contributed by atoms with E-state index in [1.54, 1.807) is 60.7 Å². The number of carbonyl (C=O) groups excluding carboxylic acids is 4. The molecule has 1 fully saturated rings. The Kier molecular flexibility index (Phi) is 15.4. The minimum Gasteiger partial charge on any atom is -0.480 e. The van der Waals surface area contributed by atoms with Gasteiger partial charge in [0.05, 0.1) is 12.5 Å². The summed E-state index contributed by atoms with van der Waals surface area (Å²) in [5, 5.41) is 19.6. The summed E-state index contributed by atoms with van der Waals surface area (Å²) in [6, 6.07) is 11.4. The van der Waals surface area contributed by atoms with Gasteiger partial charge < -0.3 is 42.7 Å². The molecule has 0 aliphatic carbocycles. The molecule has 0 bridgehead atoms. The molecule has 0 saturated carbocycles. The van der Waals surface area contributed by atoms with Crippen LogP contribution < -0.4 is 32.7 Å². The number of unbranched alkanes of at least 4 members (excludes halogenated alkanes) is 1. The average Bonchev–Trinajstić information content (AvgIpc) is 3.10. The SMILES string of the molecule is CNC1(C(=O)O)CCN(C(=O)[C@@H](CCCCN)NC(=O)C(CC(F)(F)F)NC(=O)[C@@H](Cc2ccccc2)NC(=O)[C@H](N)Cc2ccccc2)CC1. The maximum absolute atomic E-state index is 13.8. The molecule has 16 heteroatoms. The van der Waals surface area contributed by atoms with Crippen LogP contribution in [0.1, 0.15) is 49.7 Å². The Bertz CT molecular complexity index is 1460. The summed E-state index contributed by atoms with van der Waals surface area (Å²) in [5.74, 6) is -4.68. The number of likely N-dealkylation sites (tertiary alicyclic amines) is 1. The van der Waals surface area contributed by atoms with Crippen molar-refractivity contribution in [3.8, 4) is 0 Å². The highest BCUT2D eigenvalue weighted by molar-refractivity contribution is 5.95. The number of alkyl halides is 3. The van der Waals surface area contributed by atoms with Gasteiger partial charge in [-0.2, -0.15) is 13.2 Å². The number of nitrogens with one attached hydrogen (secondary N) is 4. The normalized spacial score (nSPS) is 16.6. The van der Waals surface area contributed by atoms with Gasteiger partial charge in [0, 0.05) is 19.5 Å². The van der Waals surface area contributed by atoms with Crippen LogP contribution in [0.5, 0.6) is 0 Å². The number of aliphatic carboxylic acids is 1. The lowest BCUT2D eigenvalue weighted by molar-refractivity contribution is -0.153. The first-order valence-corrected chi connectivity index (χ1v) is 16.9. The van der Waals surface area contributed by atoms with E-state index in [4.69, 9.17) is 11.5 Å². The number of halogens is 3. The number of amides is 4. The van der Waals surface area contributed by atoms with Crippen LogP contribution in [0.4, 0.5) is 13.2 Å². The largest absolute Gasteiger partial charge is 0.480 e. The first-order chi connectivity index (χ1) is 24.2. The molecule has 1 aliphatic rings. The Balaban J connectivity index is 1.80. The Morgan fingerprint density at radius 1 is 0.804 bits per heavy atom. The molecule has 1 unspecified atom stereocenters. The van der Waals surface area contributed by atoms with Crippen molar-refractivity contribution in [1.29, 1.82) is 0 Å². The molecule has 2 aromatic rings. The fourth-order valence-electron chi connectivity index (χ4n) is 5.93. The third kappa shape index (κ3) is 12.6. The Morgan fingerprint density at radius 2 is 1.31 bits per heavy atom. The molecule has 0 radical (unpaired) electrons. The zero-order chi connectivity index (χ0) is 37.6. The van der Waals surface area contributed by atoms with Gasteiger partial charge >= 0.3 is 12.1 Å². The van der Waals surface area contributed by atoms with E-state index in [-0.39, 0.29) is 51.7 Å². The molecule has 13 nitrogen and oxygen atoms in total. The minimum atomic E-state index is -4.90. The van der Waals surface area contributed by atoms with Gasteiger partial charge in [-0.15, -0.1) is 0 Å². The highest BCUT2D eigenvalue weighted by Crippen LogP contribution is 2.25. The lowest BCUT2D eigenvalue weighted by Crippen LogP contribution is -2.61. The van der Waals surface area contributed by atoms with Gasteiger partial charge in [-0.05, 0) is 63.2 Å². The lowest BCUT2D eigenvalue weighted by atomic mass is 9.87. The van der Waals surface area contributed by atoms with Crippen molar-refractivity contribution in [3.05, 3.63) is 71.8 Å². The Labute approximate surface area is 295 Å². The molecule has 1 heterocycles. The predicted molar refractivity (Wildman–Crippen MR) is 183 cm³/mol. The van der Waals surface area contributed by atoms with Crippen LogP contribution in [0.2, 0.25) is 0 Å². The standard InChI is InChI=1S/C35H48F3N7O6/c1-41-34(33(50)51)15-18-45(19-16-34)32(49)26(14-8-9-17-39)42-31(48)28(22-35(36,37)38)44-30(47)27(21-24-12-6-3-7-13-24)43-29(46)25(40)20-23-10-4-2-5-11-23/h2-7,10-13,25-28,41H,8-9,14-22,39-40H2,1H3,(H,42,48)(H,43,46)(H,44,47)(H,50,51)/t25-,26-,27-,28?/m1/s1. The minimum absolute atomic E-state index is 0.0330. The number of benzene rings is 2. The van der Waals surface area contributed by atoms with Gasteiger partial charge in [0.25, 0.3) is 0 Å². The lowest BCUT2D eigenvalue weighted by Gasteiger charge is -2.40. The van der Waals surface area contributed by atoms with Gasteiger partial charge in [0.1, 0.15) is 23.7 Å². The monoisotopic (exact) mass is 719 g/mol. The fourth-order valence-corrected chi connectivity index (χ4v) is 5.93. The highest BCUT2D eigenvalue weighted by Gasteiger charge is 2.43. The topological polar surface area (TPSA) is 209 Å². The van der Waals surface area contributed by atoms with Crippen LogP contribution in [-0.4, -0.2) is 102 Å². The quantitative estimate of drug-likeness (QED) is 0.110. The van der Waals surface area contributed by atoms with Crippen molar-refractivity contribution < 1.29 is 42.3 Å². The Hall–Kier alpha value is -4.54. The van der Waals surface area contributed by atoms with E-state index >= 15 is 0 Å². The fraction of sp³-hybridized carbons (Fsp3) is 0.514. The number of rotatable bonds is 18. The summed E-state index contributed by atoms with van der Waals surface area (Å²) in [5.41, 5.74) is 11.8. The second kappa shape index (κ2) is 19.2. The van der Waals surface area contributed by atoms with Crippen LogP contribution in [0.15, 0.2) is 60.7 Å². The van der Waals surface area contributed by atoms with Gasteiger partial charge in [-0.1, -0.05) is 60.7 Å². The molecule has 1 aliphatic heterocycles. The third-order valence-electron chi connectivity index (χ3n) is 9.00. The zero-order valence-corrected chi connectivity index (χ0v) is 28.6. The summed E-state index contributed by atoms with van der Waals surface area (Å²) in [7, 11) is 1.51. The summed E-state index contributed by atoms with van der Waals surface area (Å²) in [6.45, 7) is 0.342. The van der Waals surface area contributed by atoms with E-state index in [1.165, 1.54) is 11.9 Å². The van der Waals surface area contributed by atoms with Crippen molar-refractivity contribution >= 4 is 29.6 Å². The molecule has 1 saturated heterocycles. The number of piperidine rings is 1. The first-order valence-electron chi connectivity index (χ1n) is 16.9. The number of nitrogens with zero attached hydrogens (tertiary/aromatic N) is 1. The Morgan fingerprint density at radius 3 is 1.82 bits per heavy atom. The van der Waals surface area contributed by atoms with E-state index in [2.05, 4.69) is 21.3 Å². The maximum Gasteiger partial charge on any atom is 0.391 e. The summed E-state index contributed by atoms with van der Waals surface area (Å²) >= 11 is 0. The number of nitrogens with two attached hydrogens (primary N) is 2. The number of likely N-dealkylation sites (N-methyl/N-ethyl adjacent to an activating group) is 1. The summed E-state index contributed by atoms with van der Waals surface area (Å²) < 4.78 is 41.5. The molecule has 4 atom stereocenters. The zero-order valence-electron chi connectivity index (χ0n) is 28.6. The second-order valence-electron chi connectivity index (χ2n) is 12.7. The number of carboxylic acids is 1. The van der Waals surface area contributed by atoms with Crippen molar-refractivity contribution in [3.63, 3.8) is 0 Å². The van der Waals surface area contributed by atoms with E-state index in [1.807, 2.05) is 0 Å². The van der Waals surface area contributed by atoms with Crippen LogP contribution in [-0.2, 0) is 36.8 Å². The van der Waals surface area contributed by atoms with Crippen molar-refractivity contribution in [2.24, 2.45) is 11.5 Å². The molecular weight excluding hydrogens is 671 g/mol. The molecule has 3 rings (SSSR count). The molecule has 0 spiro atoms. The number of carbonyl (C=O) groups is 5. The molecule has 9 N–H and O–H groups in total. The van der Waals surface area contributed by atoms with Gasteiger partial charge in [-0.25, -0.2) is 0 Å². The number of hydrogen-bond acceptors (Lipinski definition) is 8.